The molecule has 3 rings (SSSR count). The number of piperazine rings is 1. The second-order valence-electron chi connectivity index (χ2n) is 4.97. The molecule has 1 fully saturated rings. The van der Waals surface area contributed by atoms with E-state index in [1.807, 2.05) is 6.92 Å². The Bertz CT molecular complexity index is 471. The first-order valence-electron chi connectivity index (χ1n) is 6.52. The van der Waals surface area contributed by atoms with Crippen molar-refractivity contribution in [2.45, 2.75) is 32.4 Å². The number of halogens is 2. The monoisotopic (exact) mass is 347 g/mol. The first-order chi connectivity index (χ1) is 8.70. The molecule has 0 amide bonds. The smallest absolute Gasteiger partial charge is 0.152 e. The minimum Gasteiger partial charge on any atom is -0.491 e. The van der Waals surface area contributed by atoms with Crippen LogP contribution in [0.15, 0.2) is 10.7 Å². The summed E-state index contributed by atoms with van der Waals surface area (Å²) in [5.41, 5.74) is 1.31. The van der Waals surface area contributed by atoms with Crippen LogP contribution in [0.4, 0.5) is 5.82 Å². The molecule has 2 atom stereocenters. The third kappa shape index (κ3) is 2.56. The Morgan fingerprint density at radius 3 is 3.05 bits per heavy atom. The fraction of sp³-hybridized carbons (Fsp3) is 0.615. The average molecular weight is 349 g/mol. The van der Waals surface area contributed by atoms with Gasteiger partial charge in [0.25, 0.3) is 0 Å². The van der Waals surface area contributed by atoms with Gasteiger partial charge in [0.2, 0.25) is 0 Å². The molecular formula is C13H19BrClN3O. The molecule has 2 aliphatic rings. The molecule has 0 unspecified atom stereocenters. The predicted molar refractivity (Wildman–Crippen MR) is 82.7 cm³/mol. The van der Waals surface area contributed by atoms with Gasteiger partial charge in [-0.25, -0.2) is 4.98 Å². The van der Waals surface area contributed by atoms with E-state index >= 15 is 0 Å². The summed E-state index contributed by atoms with van der Waals surface area (Å²) in [6, 6.07) is 3.18. The third-order valence-electron chi connectivity index (χ3n) is 3.69. The van der Waals surface area contributed by atoms with E-state index in [1.54, 1.807) is 0 Å². The molecule has 1 aromatic rings. The highest BCUT2D eigenvalue weighted by Gasteiger charge is 2.36. The summed E-state index contributed by atoms with van der Waals surface area (Å²) in [6.45, 7) is 6.99. The van der Waals surface area contributed by atoms with Crippen molar-refractivity contribution in [2.24, 2.45) is 0 Å². The minimum absolute atomic E-state index is 0. The van der Waals surface area contributed by atoms with E-state index in [4.69, 9.17) is 9.72 Å². The zero-order chi connectivity index (χ0) is 12.7. The van der Waals surface area contributed by atoms with Gasteiger partial charge < -0.3 is 15.0 Å². The maximum absolute atomic E-state index is 5.60. The molecule has 0 saturated carbocycles. The Morgan fingerprint density at radius 1 is 1.53 bits per heavy atom. The molecule has 1 aromatic heterocycles. The van der Waals surface area contributed by atoms with Crippen molar-refractivity contribution < 1.29 is 4.74 Å². The van der Waals surface area contributed by atoms with Gasteiger partial charge in [-0.15, -0.1) is 12.4 Å². The summed E-state index contributed by atoms with van der Waals surface area (Å²) in [5.74, 6) is 1.99. The van der Waals surface area contributed by atoms with Crippen LogP contribution in [0.1, 0.15) is 19.4 Å². The number of anilines is 1. The Kier molecular flexibility index (Phi) is 4.58. The second-order valence-corrected chi connectivity index (χ2v) is 5.72. The molecule has 0 aliphatic carbocycles. The predicted octanol–water partition coefficient (Wildman–Crippen LogP) is 2.39. The van der Waals surface area contributed by atoms with Crippen molar-refractivity contribution in [3.63, 3.8) is 0 Å². The van der Waals surface area contributed by atoms with Crippen LogP contribution >= 0.6 is 28.3 Å². The van der Waals surface area contributed by atoms with Gasteiger partial charge in [0.1, 0.15) is 10.4 Å². The van der Waals surface area contributed by atoms with Gasteiger partial charge >= 0.3 is 0 Å². The summed E-state index contributed by atoms with van der Waals surface area (Å²) in [4.78, 5) is 7.15. The number of nitrogens with one attached hydrogen (secondary N) is 1. The van der Waals surface area contributed by atoms with Crippen LogP contribution < -0.4 is 15.0 Å². The standard InChI is InChI=1S/C13H18BrN3O.ClH/c1-3-18-11-5-9-4-10-7-15-6-8(2)17(10)13(9)16-12(11)14;/h5,8,10,15H,3-4,6-7H2,1-2H3;1H/t8-,10-;/m1./s1. The van der Waals surface area contributed by atoms with Crippen molar-refractivity contribution in [3.8, 4) is 5.75 Å². The van der Waals surface area contributed by atoms with Crippen LogP contribution in [0.2, 0.25) is 0 Å². The number of pyridine rings is 1. The van der Waals surface area contributed by atoms with Crippen LogP contribution in [-0.4, -0.2) is 36.8 Å². The fourth-order valence-electron chi connectivity index (χ4n) is 2.95. The highest BCUT2D eigenvalue weighted by Crippen LogP contribution is 2.38. The van der Waals surface area contributed by atoms with E-state index in [0.29, 0.717) is 18.7 Å². The van der Waals surface area contributed by atoms with Crippen LogP contribution in [-0.2, 0) is 6.42 Å². The van der Waals surface area contributed by atoms with Gasteiger partial charge in [0.15, 0.2) is 5.75 Å². The minimum atomic E-state index is 0. The van der Waals surface area contributed by atoms with E-state index in [0.717, 1.165) is 35.7 Å². The third-order valence-corrected chi connectivity index (χ3v) is 4.26. The first-order valence-corrected chi connectivity index (χ1v) is 7.31. The molecule has 3 heterocycles. The normalized spacial score (nSPS) is 24.5. The SMILES string of the molecule is CCOc1cc2c(nc1Br)N1[C@@H](CNC[C@H]1C)C2.Cl. The number of fused-ring (bicyclic) bond motifs is 3. The molecule has 106 valence electrons. The van der Waals surface area contributed by atoms with Gasteiger partial charge in [-0.1, -0.05) is 0 Å². The van der Waals surface area contributed by atoms with E-state index in [1.165, 1.54) is 5.56 Å². The fourth-order valence-corrected chi connectivity index (χ4v) is 3.35. The summed E-state index contributed by atoms with van der Waals surface area (Å²) < 4.78 is 6.41. The summed E-state index contributed by atoms with van der Waals surface area (Å²) >= 11 is 3.51. The molecule has 6 heteroatoms. The molecule has 0 bridgehead atoms. The molecule has 1 N–H and O–H groups in total. The van der Waals surface area contributed by atoms with E-state index in [9.17, 15) is 0 Å². The van der Waals surface area contributed by atoms with Crippen molar-refractivity contribution >= 4 is 34.2 Å². The summed E-state index contributed by atoms with van der Waals surface area (Å²) in [6.07, 6.45) is 1.06. The first kappa shape index (κ1) is 14.9. The lowest BCUT2D eigenvalue weighted by Gasteiger charge is -2.37. The number of rotatable bonds is 2. The Labute approximate surface area is 128 Å². The van der Waals surface area contributed by atoms with E-state index < -0.39 is 0 Å². The number of aromatic nitrogens is 1. The van der Waals surface area contributed by atoms with E-state index in [-0.39, 0.29) is 12.4 Å². The van der Waals surface area contributed by atoms with Gasteiger partial charge in [0.05, 0.1) is 6.61 Å². The van der Waals surface area contributed by atoms with Crippen LogP contribution in [0.3, 0.4) is 0 Å². The lowest BCUT2D eigenvalue weighted by Crippen LogP contribution is -2.55. The lowest BCUT2D eigenvalue weighted by molar-refractivity contribution is 0.336. The maximum Gasteiger partial charge on any atom is 0.152 e. The molecule has 2 aliphatic heterocycles. The van der Waals surface area contributed by atoms with Crippen molar-refractivity contribution in [1.82, 2.24) is 10.3 Å². The molecular weight excluding hydrogens is 330 g/mol. The second kappa shape index (κ2) is 5.85. The number of nitrogens with zero attached hydrogens (tertiary/aromatic N) is 2. The number of ether oxygens (including phenoxy) is 1. The summed E-state index contributed by atoms with van der Waals surface area (Å²) in [7, 11) is 0. The van der Waals surface area contributed by atoms with Crippen LogP contribution in [0.5, 0.6) is 5.75 Å². The zero-order valence-corrected chi connectivity index (χ0v) is 13.6. The molecule has 19 heavy (non-hydrogen) atoms. The van der Waals surface area contributed by atoms with Crippen LogP contribution in [0.25, 0.3) is 0 Å². The number of hydrogen-bond acceptors (Lipinski definition) is 4. The molecule has 1 saturated heterocycles. The topological polar surface area (TPSA) is 37.4 Å². The Hall–Kier alpha value is -0.520. The van der Waals surface area contributed by atoms with Crippen molar-refractivity contribution in [2.75, 3.05) is 24.6 Å². The highest BCUT2D eigenvalue weighted by molar-refractivity contribution is 9.10. The number of hydrogen-bond donors (Lipinski definition) is 1. The molecule has 4 nitrogen and oxygen atoms in total. The Balaban J connectivity index is 0.00000133. The summed E-state index contributed by atoms with van der Waals surface area (Å²) in [5, 5.41) is 3.48. The lowest BCUT2D eigenvalue weighted by atomic mass is 10.1. The van der Waals surface area contributed by atoms with Crippen molar-refractivity contribution in [1.29, 1.82) is 0 Å². The molecule has 0 spiro atoms. The average Bonchev–Trinajstić information content (AvgIpc) is 2.69. The Morgan fingerprint density at radius 2 is 2.32 bits per heavy atom. The van der Waals surface area contributed by atoms with Gasteiger partial charge in [0, 0.05) is 30.7 Å². The quantitative estimate of drug-likeness (QED) is 0.833. The highest BCUT2D eigenvalue weighted by atomic mass is 79.9. The van der Waals surface area contributed by atoms with Gasteiger partial charge in [-0.3, -0.25) is 0 Å². The molecule has 0 radical (unpaired) electrons. The van der Waals surface area contributed by atoms with E-state index in [2.05, 4.69) is 39.1 Å². The van der Waals surface area contributed by atoms with Gasteiger partial charge in [-0.05, 0) is 42.3 Å². The largest absolute Gasteiger partial charge is 0.491 e. The zero-order valence-electron chi connectivity index (χ0n) is 11.1. The van der Waals surface area contributed by atoms with Crippen LogP contribution in [0, 0.1) is 0 Å². The maximum atomic E-state index is 5.60. The van der Waals surface area contributed by atoms with Gasteiger partial charge in [-0.2, -0.15) is 0 Å². The van der Waals surface area contributed by atoms with Crippen molar-refractivity contribution in [3.05, 3.63) is 16.2 Å². The molecule has 0 aromatic carbocycles.